The molecule has 0 N–H and O–H groups in total. The highest BCUT2D eigenvalue weighted by Gasteiger charge is 2.07. The highest BCUT2D eigenvalue weighted by molar-refractivity contribution is 5.77. The molecule has 1 heterocycles. The van der Waals surface area contributed by atoms with Gasteiger partial charge in [0.1, 0.15) is 11.4 Å². The van der Waals surface area contributed by atoms with Crippen LogP contribution in [0, 0.1) is 6.92 Å². The van der Waals surface area contributed by atoms with E-state index in [-0.39, 0.29) is 0 Å². The quantitative estimate of drug-likeness (QED) is 0.671. The van der Waals surface area contributed by atoms with Gasteiger partial charge in [0.25, 0.3) is 0 Å². The second-order valence-electron chi connectivity index (χ2n) is 4.83. The molecule has 3 rings (SSSR count). The number of imidazole rings is 1. The average Bonchev–Trinajstić information content (AvgIpc) is 2.82. The summed E-state index contributed by atoms with van der Waals surface area (Å²) in [5.41, 5.74) is 3.74. The molecule has 106 valence electrons. The van der Waals surface area contributed by atoms with E-state index >= 15 is 0 Å². The first kappa shape index (κ1) is 13.3. The van der Waals surface area contributed by atoms with Gasteiger partial charge in [0.05, 0.1) is 18.1 Å². The Morgan fingerprint density at radius 1 is 1.10 bits per heavy atom. The van der Waals surface area contributed by atoms with Crippen LogP contribution in [-0.2, 0) is 7.05 Å². The van der Waals surface area contributed by atoms with Crippen LogP contribution in [0.5, 0.6) is 5.75 Å². The van der Waals surface area contributed by atoms with E-state index < -0.39 is 0 Å². The zero-order valence-corrected chi connectivity index (χ0v) is 12.2. The first-order valence-electron chi connectivity index (χ1n) is 6.67. The molecule has 1 aromatic heterocycles. The van der Waals surface area contributed by atoms with Gasteiger partial charge >= 0.3 is 0 Å². The summed E-state index contributed by atoms with van der Waals surface area (Å²) in [5.74, 6) is 1.27. The number of nitrogens with zero attached hydrogens (tertiary/aromatic N) is 4. The second kappa shape index (κ2) is 5.36. The van der Waals surface area contributed by atoms with Crippen molar-refractivity contribution in [3.8, 4) is 5.75 Å². The van der Waals surface area contributed by atoms with Gasteiger partial charge < -0.3 is 9.30 Å². The highest BCUT2D eigenvalue weighted by Crippen LogP contribution is 2.30. The number of ether oxygens (including phenoxy) is 1. The monoisotopic (exact) mass is 280 g/mol. The fraction of sp³-hybridized carbons (Fsp3) is 0.188. The van der Waals surface area contributed by atoms with Crippen LogP contribution in [0.4, 0.5) is 11.6 Å². The molecule has 2 aromatic carbocycles. The zero-order chi connectivity index (χ0) is 14.8. The van der Waals surface area contributed by atoms with Gasteiger partial charge in [0.2, 0.25) is 5.95 Å². The predicted molar refractivity (Wildman–Crippen MR) is 82.6 cm³/mol. The third kappa shape index (κ3) is 2.50. The molecule has 0 aliphatic rings. The fourth-order valence-corrected chi connectivity index (χ4v) is 2.20. The lowest BCUT2D eigenvalue weighted by Crippen LogP contribution is -1.86. The van der Waals surface area contributed by atoms with E-state index in [9.17, 15) is 0 Å². The number of rotatable bonds is 3. The van der Waals surface area contributed by atoms with Crippen LogP contribution in [0.25, 0.3) is 11.0 Å². The van der Waals surface area contributed by atoms with Crippen molar-refractivity contribution in [1.82, 2.24) is 9.55 Å². The van der Waals surface area contributed by atoms with Gasteiger partial charge in [-0.2, -0.15) is 0 Å². The Balaban J connectivity index is 2.02. The maximum absolute atomic E-state index is 5.30. The number of benzene rings is 2. The van der Waals surface area contributed by atoms with Gasteiger partial charge in [0, 0.05) is 7.05 Å². The summed E-state index contributed by atoms with van der Waals surface area (Å²) >= 11 is 0. The molecular weight excluding hydrogens is 264 g/mol. The normalized spacial score (nSPS) is 11.4. The summed E-state index contributed by atoms with van der Waals surface area (Å²) in [4.78, 5) is 4.47. The van der Waals surface area contributed by atoms with Gasteiger partial charge in [-0.1, -0.05) is 18.2 Å². The fourth-order valence-electron chi connectivity index (χ4n) is 2.20. The molecule has 0 fully saturated rings. The van der Waals surface area contributed by atoms with E-state index in [2.05, 4.69) is 15.2 Å². The molecular formula is C16H16N4O. The minimum absolute atomic E-state index is 0.569. The molecule has 0 radical (unpaired) electrons. The van der Waals surface area contributed by atoms with Gasteiger partial charge in [-0.25, -0.2) is 4.98 Å². The minimum Gasteiger partial charge on any atom is -0.494 e. The molecule has 0 unspecified atom stereocenters. The summed E-state index contributed by atoms with van der Waals surface area (Å²) in [6.45, 7) is 2.01. The van der Waals surface area contributed by atoms with Crippen LogP contribution in [0.3, 0.4) is 0 Å². The van der Waals surface area contributed by atoms with Crippen LogP contribution < -0.4 is 4.74 Å². The second-order valence-corrected chi connectivity index (χ2v) is 4.83. The third-order valence-corrected chi connectivity index (χ3v) is 3.35. The Kier molecular flexibility index (Phi) is 3.39. The topological polar surface area (TPSA) is 51.8 Å². The van der Waals surface area contributed by atoms with Crippen molar-refractivity contribution < 1.29 is 4.74 Å². The number of aromatic nitrogens is 2. The van der Waals surface area contributed by atoms with Crippen LogP contribution in [-0.4, -0.2) is 16.7 Å². The number of azo groups is 1. The standard InChI is InChI=1S/C16H16N4O/c1-11-8-9-15(21-3)13(10-11)18-19-16-17-12-6-4-5-7-14(12)20(16)2/h4-10H,1-3H3. The summed E-state index contributed by atoms with van der Waals surface area (Å²) in [6.07, 6.45) is 0. The average molecular weight is 280 g/mol. The zero-order valence-electron chi connectivity index (χ0n) is 12.2. The van der Waals surface area contributed by atoms with E-state index in [1.54, 1.807) is 7.11 Å². The van der Waals surface area contributed by atoms with Crippen molar-refractivity contribution in [2.75, 3.05) is 7.11 Å². The van der Waals surface area contributed by atoms with Crippen molar-refractivity contribution in [3.63, 3.8) is 0 Å². The van der Waals surface area contributed by atoms with E-state index in [1.165, 1.54) is 0 Å². The van der Waals surface area contributed by atoms with E-state index in [0.29, 0.717) is 17.4 Å². The molecule has 0 aliphatic carbocycles. The minimum atomic E-state index is 0.569. The van der Waals surface area contributed by atoms with Gasteiger partial charge in [-0.15, -0.1) is 10.2 Å². The molecule has 0 aliphatic heterocycles. The lowest BCUT2D eigenvalue weighted by Gasteiger charge is -2.03. The molecule has 0 bridgehead atoms. The van der Waals surface area contributed by atoms with Crippen molar-refractivity contribution >= 4 is 22.7 Å². The van der Waals surface area contributed by atoms with E-state index in [1.807, 2.05) is 61.0 Å². The maximum atomic E-state index is 5.30. The molecule has 0 spiro atoms. The molecule has 0 saturated carbocycles. The molecule has 5 heteroatoms. The van der Waals surface area contributed by atoms with Crippen molar-refractivity contribution in [3.05, 3.63) is 48.0 Å². The Bertz CT molecular complexity index is 820. The molecule has 0 saturated heterocycles. The number of methoxy groups -OCH3 is 1. The lowest BCUT2D eigenvalue weighted by atomic mass is 10.2. The van der Waals surface area contributed by atoms with Crippen molar-refractivity contribution in [2.24, 2.45) is 17.3 Å². The molecule has 0 amide bonds. The highest BCUT2D eigenvalue weighted by atomic mass is 16.5. The largest absolute Gasteiger partial charge is 0.494 e. The summed E-state index contributed by atoms with van der Waals surface area (Å²) in [7, 11) is 3.55. The van der Waals surface area contributed by atoms with Crippen LogP contribution in [0.2, 0.25) is 0 Å². The number of hydrogen-bond acceptors (Lipinski definition) is 4. The van der Waals surface area contributed by atoms with Gasteiger partial charge in [0.15, 0.2) is 0 Å². The Labute approximate surface area is 122 Å². The SMILES string of the molecule is COc1ccc(C)cc1N=Nc1nc2ccccc2n1C. The smallest absolute Gasteiger partial charge is 0.250 e. The first-order valence-corrected chi connectivity index (χ1v) is 6.67. The summed E-state index contributed by atoms with van der Waals surface area (Å²) < 4.78 is 7.21. The first-order chi connectivity index (χ1) is 10.2. The number of fused-ring (bicyclic) bond motifs is 1. The number of hydrogen-bond donors (Lipinski definition) is 0. The maximum Gasteiger partial charge on any atom is 0.250 e. The van der Waals surface area contributed by atoms with E-state index in [0.717, 1.165) is 16.6 Å². The summed E-state index contributed by atoms with van der Waals surface area (Å²) in [5, 5.41) is 8.54. The van der Waals surface area contributed by atoms with Crippen LogP contribution >= 0.6 is 0 Å². The molecule has 5 nitrogen and oxygen atoms in total. The number of para-hydroxylation sites is 2. The van der Waals surface area contributed by atoms with Crippen LogP contribution in [0.15, 0.2) is 52.7 Å². The van der Waals surface area contributed by atoms with Crippen molar-refractivity contribution in [1.29, 1.82) is 0 Å². The van der Waals surface area contributed by atoms with Gasteiger partial charge in [-0.3, -0.25) is 0 Å². The number of aryl methyl sites for hydroxylation is 2. The van der Waals surface area contributed by atoms with Crippen LogP contribution in [0.1, 0.15) is 5.56 Å². The van der Waals surface area contributed by atoms with E-state index in [4.69, 9.17) is 4.74 Å². The molecule has 3 aromatic rings. The third-order valence-electron chi connectivity index (χ3n) is 3.35. The Hall–Kier alpha value is -2.69. The molecule has 21 heavy (non-hydrogen) atoms. The Morgan fingerprint density at radius 2 is 1.90 bits per heavy atom. The van der Waals surface area contributed by atoms with Gasteiger partial charge in [-0.05, 0) is 36.8 Å². The molecule has 0 atom stereocenters. The summed E-state index contributed by atoms with van der Waals surface area (Å²) in [6, 6.07) is 13.7. The lowest BCUT2D eigenvalue weighted by molar-refractivity contribution is 0.415. The van der Waals surface area contributed by atoms with Crippen molar-refractivity contribution in [2.45, 2.75) is 6.92 Å². The Morgan fingerprint density at radius 3 is 2.67 bits per heavy atom. The predicted octanol–water partition coefficient (Wildman–Crippen LogP) is 4.31.